The summed E-state index contributed by atoms with van der Waals surface area (Å²) in [7, 11) is 0. The zero-order valence-corrected chi connectivity index (χ0v) is 8.75. The topological polar surface area (TPSA) is 50.1 Å². The molecule has 16 heavy (non-hydrogen) atoms. The normalized spacial score (nSPS) is 10.0. The third-order valence-electron chi connectivity index (χ3n) is 2.06. The number of halogens is 2. The van der Waals surface area contributed by atoms with E-state index in [1.165, 1.54) is 19.1 Å². The van der Waals surface area contributed by atoms with Gasteiger partial charge in [0.05, 0.1) is 11.1 Å². The van der Waals surface area contributed by atoms with Crippen LogP contribution in [-0.4, -0.2) is 12.4 Å². The van der Waals surface area contributed by atoms with Crippen LogP contribution in [0.15, 0.2) is 12.1 Å². The van der Waals surface area contributed by atoms with Gasteiger partial charge in [0.15, 0.2) is 5.78 Å². The summed E-state index contributed by atoms with van der Waals surface area (Å²) in [5.41, 5.74) is 0.530. The SMILES string of the molecule is CC(=O)c1c(OC(F)F)ccc(C)c1C#N. The number of nitrogens with zero attached hydrogens (tertiary/aromatic N) is 1. The maximum absolute atomic E-state index is 12.1. The number of hydrogen-bond donors (Lipinski definition) is 0. The fourth-order valence-electron chi connectivity index (χ4n) is 1.38. The van der Waals surface area contributed by atoms with Crippen molar-refractivity contribution < 1.29 is 18.3 Å². The average molecular weight is 225 g/mol. The van der Waals surface area contributed by atoms with Crippen LogP contribution in [0.3, 0.4) is 0 Å². The molecule has 1 aromatic carbocycles. The molecule has 0 saturated carbocycles. The van der Waals surface area contributed by atoms with Crippen LogP contribution < -0.4 is 4.74 Å². The van der Waals surface area contributed by atoms with E-state index in [-0.39, 0.29) is 16.9 Å². The number of aryl methyl sites for hydroxylation is 1. The molecule has 0 aliphatic rings. The van der Waals surface area contributed by atoms with Gasteiger partial charge >= 0.3 is 6.61 Å². The standard InChI is InChI=1S/C11H9F2NO2/c1-6-3-4-9(16-11(12)13)10(7(2)15)8(6)5-14/h3-4,11H,1-2H3. The van der Waals surface area contributed by atoms with Gasteiger partial charge in [-0.3, -0.25) is 4.79 Å². The summed E-state index contributed by atoms with van der Waals surface area (Å²) in [4.78, 5) is 11.3. The number of alkyl halides is 2. The molecule has 0 spiro atoms. The van der Waals surface area contributed by atoms with Crippen LogP contribution in [0.1, 0.15) is 28.4 Å². The Morgan fingerprint density at radius 2 is 2.12 bits per heavy atom. The molecule has 3 nitrogen and oxygen atoms in total. The molecule has 84 valence electrons. The molecule has 0 radical (unpaired) electrons. The Hall–Kier alpha value is -1.96. The predicted octanol–water partition coefficient (Wildman–Crippen LogP) is 2.67. The highest BCUT2D eigenvalue weighted by Gasteiger charge is 2.18. The number of ether oxygens (including phenoxy) is 1. The Balaban J connectivity index is 3.40. The maximum atomic E-state index is 12.1. The van der Waals surface area contributed by atoms with Gasteiger partial charge in [0.2, 0.25) is 0 Å². The largest absolute Gasteiger partial charge is 0.434 e. The van der Waals surface area contributed by atoms with Gasteiger partial charge in [0.25, 0.3) is 0 Å². The lowest BCUT2D eigenvalue weighted by Crippen LogP contribution is -2.09. The Kier molecular flexibility index (Phi) is 3.56. The Labute approximate surface area is 91.3 Å². The summed E-state index contributed by atoms with van der Waals surface area (Å²) in [5.74, 6) is -0.736. The Morgan fingerprint density at radius 1 is 1.50 bits per heavy atom. The van der Waals surface area contributed by atoms with Crippen LogP contribution in [0, 0.1) is 18.3 Å². The highest BCUT2D eigenvalue weighted by Crippen LogP contribution is 2.26. The lowest BCUT2D eigenvalue weighted by Gasteiger charge is -2.11. The van der Waals surface area contributed by atoms with E-state index in [1.54, 1.807) is 6.92 Å². The number of Topliss-reactive ketones (excluding diaryl/α,β-unsaturated/α-hetero) is 1. The number of ketones is 1. The van der Waals surface area contributed by atoms with Crippen molar-refractivity contribution in [1.29, 1.82) is 5.26 Å². The first-order valence-electron chi connectivity index (χ1n) is 4.46. The molecule has 1 aromatic rings. The van der Waals surface area contributed by atoms with Gasteiger partial charge < -0.3 is 4.74 Å². The molecular formula is C11H9F2NO2. The summed E-state index contributed by atoms with van der Waals surface area (Å²) >= 11 is 0. The van der Waals surface area contributed by atoms with Crippen molar-refractivity contribution in [2.24, 2.45) is 0 Å². The van der Waals surface area contributed by atoms with Crippen molar-refractivity contribution >= 4 is 5.78 Å². The first kappa shape index (κ1) is 12.1. The van der Waals surface area contributed by atoms with Gasteiger partial charge in [0.1, 0.15) is 11.8 Å². The van der Waals surface area contributed by atoms with Gasteiger partial charge in [-0.05, 0) is 25.5 Å². The van der Waals surface area contributed by atoms with Crippen LogP contribution in [0.4, 0.5) is 8.78 Å². The molecule has 0 bridgehead atoms. The van der Waals surface area contributed by atoms with Gasteiger partial charge in [0, 0.05) is 0 Å². The lowest BCUT2D eigenvalue weighted by molar-refractivity contribution is -0.0501. The first-order chi connectivity index (χ1) is 7.47. The third-order valence-corrected chi connectivity index (χ3v) is 2.06. The minimum absolute atomic E-state index is 0.0747. The summed E-state index contributed by atoms with van der Waals surface area (Å²) in [6.07, 6.45) is 0. The molecule has 0 amide bonds. The second kappa shape index (κ2) is 4.71. The van der Waals surface area contributed by atoms with E-state index in [0.717, 1.165) is 0 Å². The van der Waals surface area contributed by atoms with Crippen molar-refractivity contribution in [3.8, 4) is 11.8 Å². The Morgan fingerprint density at radius 3 is 2.56 bits per heavy atom. The van der Waals surface area contributed by atoms with Gasteiger partial charge in [-0.25, -0.2) is 0 Å². The third kappa shape index (κ3) is 2.34. The zero-order valence-electron chi connectivity index (χ0n) is 8.75. The minimum Gasteiger partial charge on any atom is -0.434 e. The fraction of sp³-hybridized carbons (Fsp3) is 0.273. The highest BCUT2D eigenvalue weighted by atomic mass is 19.3. The molecule has 1 rings (SSSR count). The maximum Gasteiger partial charge on any atom is 0.387 e. The van der Waals surface area contributed by atoms with Gasteiger partial charge in [-0.1, -0.05) is 6.07 Å². The molecule has 0 saturated heterocycles. The van der Waals surface area contributed by atoms with Crippen LogP contribution in [0.25, 0.3) is 0 Å². The van der Waals surface area contributed by atoms with E-state index in [0.29, 0.717) is 5.56 Å². The molecular weight excluding hydrogens is 216 g/mol. The number of carbonyl (C=O) groups is 1. The van der Waals surface area contributed by atoms with Crippen molar-refractivity contribution in [3.05, 3.63) is 28.8 Å². The zero-order chi connectivity index (χ0) is 12.3. The van der Waals surface area contributed by atoms with Gasteiger partial charge in [-0.15, -0.1) is 0 Å². The predicted molar refractivity (Wildman–Crippen MR) is 52.5 cm³/mol. The van der Waals surface area contributed by atoms with Crippen LogP contribution >= 0.6 is 0 Å². The molecule has 0 fully saturated rings. The molecule has 0 heterocycles. The molecule has 5 heteroatoms. The number of benzene rings is 1. The quantitative estimate of drug-likeness (QED) is 0.743. The molecule has 0 aromatic heterocycles. The fourth-order valence-corrected chi connectivity index (χ4v) is 1.38. The number of nitriles is 1. The highest BCUT2D eigenvalue weighted by molar-refractivity contribution is 5.99. The summed E-state index contributed by atoms with van der Waals surface area (Å²) in [5, 5.41) is 8.86. The van der Waals surface area contributed by atoms with E-state index >= 15 is 0 Å². The number of hydrogen-bond acceptors (Lipinski definition) is 3. The monoisotopic (exact) mass is 225 g/mol. The number of rotatable bonds is 3. The second-order valence-corrected chi connectivity index (χ2v) is 3.18. The van der Waals surface area contributed by atoms with Crippen molar-refractivity contribution in [2.75, 3.05) is 0 Å². The van der Waals surface area contributed by atoms with Crippen LogP contribution in [0.2, 0.25) is 0 Å². The lowest BCUT2D eigenvalue weighted by atomic mass is 9.99. The number of carbonyl (C=O) groups excluding carboxylic acids is 1. The summed E-state index contributed by atoms with van der Waals surface area (Å²) in [6.45, 7) is -0.196. The smallest absolute Gasteiger partial charge is 0.387 e. The average Bonchev–Trinajstić information content (AvgIpc) is 2.18. The molecule has 0 unspecified atom stereocenters. The van der Waals surface area contributed by atoms with Crippen molar-refractivity contribution in [1.82, 2.24) is 0 Å². The molecule has 0 N–H and O–H groups in total. The molecule has 0 atom stereocenters. The van der Waals surface area contributed by atoms with E-state index in [9.17, 15) is 13.6 Å². The summed E-state index contributed by atoms with van der Waals surface area (Å²) < 4.78 is 28.4. The first-order valence-corrected chi connectivity index (χ1v) is 4.46. The van der Waals surface area contributed by atoms with Gasteiger partial charge in [-0.2, -0.15) is 14.0 Å². The molecule has 0 aliphatic heterocycles. The van der Waals surface area contributed by atoms with Crippen LogP contribution in [-0.2, 0) is 0 Å². The second-order valence-electron chi connectivity index (χ2n) is 3.18. The van der Waals surface area contributed by atoms with Crippen LogP contribution in [0.5, 0.6) is 5.75 Å². The summed E-state index contributed by atoms with van der Waals surface area (Å²) in [6, 6.07) is 4.54. The Bertz CT molecular complexity index is 464. The van der Waals surface area contributed by atoms with E-state index in [1.807, 2.05) is 6.07 Å². The minimum atomic E-state index is -3.02. The van der Waals surface area contributed by atoms with Crippen molar-refractivity contribution in [2.45, 2.75) is 20.5 Å². The van der Waals surface area contributed by atoms with E-state index < -0.39 is 12.4 Å². The van der Waals surface area contributed by atoms with Crippen molar-refractivity contribution in [3.63, 3.8) is 0 Å². The van der Waals surface area contributed by atoms with E-state index in [4.69, 9.17) is 5.26 Å². The molecule has 0 aliphatic carbocycles. The van der Waals surface area contributed by atoms with E-state index in [2.05, 4.69) is 4.74 Å².